The Bertz CT molecular complexity index is 676. The minimum absolute atomic E-state index is 0.0141. The molecule has 3 rings (SSSR count). The van der Waals surface area contributed by atoms with Crippen molar-refractivity contribution >= 4 is 22.4 Å². The van der Waals surface area contributed by atoms with Crippen LogP contribution in [-0.2, 0) is 11.2 Å². The SMILES string of the molecule is CCc1sc(NC(=O)C2CCCN2)nc1-c1ccc(OC)cc1. The smallest absolute Gasteiger partial charge is 0.243 e. The van der Waals surface area contributed by atoms with E-state index in [9.17, 15) is 4.79 Å². The van der Waals surface area contributed by atoms with Crippen molar-refractivity contribution in [3.05, 3.63) is 29.1 Å². The van der Waals surface area contributed by atoms with E-state index >= 15 is 0 Å². The highest BCUT2D eigenvalue weighted by molar-refractivity contribution is 7.16. The Hall–Kier alpha value is -1.92. The van der Waals surface area contributed by atoms with E-state index in [1.807, 2.05) is 24.3 Å². The van der Waals surface area contributed by atoms with E-state index < -0.39 is 0 Å². The van der Waals surface area contributed by atoms with Gasteiger partial charge in [0, 0.05) is 10.4 Å². The third-order valence-corrected chi connectivity index (χ3v) is 5.10. The summed E-state index contributed by atoms with van der Waals surface area (Å²) in [6.45, 7) is 3.01. The highest BCUT2D eigenvalue weighted by atomic mass is 32.1. The first-order valence-electron chi connectivity index (χ1n) is 7.89. The molecule has 1 unspecified atom stereocenters. The van der Waals surface area contributed by atoms with Crippen molar-refractivity contribution in [3.8, 4) is 17.0 Å². The number of methoxy groups -OCH3 is 1. The van der Waals surface area contributed by atoms with E-state index in [2.05, 4.69) is 22.5 Å². The molecule has 0 aliphatic carbocycles. The maximum absolute atomic E-state index is 12.2. The number of aromatic nitrogens is 1. The number of thiazole rings is 1. The summed E-state index contributed by atoms with van der Waals surface area (Å²) in [4.78, 5) is 18.0. The quantitative estimate of drug-likeness (QED) is 0.884. The van der Waals surface area contributed by atoms with Crippen LogP contribution in [0, 0.1) is 0 Å². The van der Waals surface area contributed by atoms with Gasteiger partial charge in [-0.15, -0.1) is 11.3 Å². The predicted octanol–water partition coefficient (Wildman–Crippen LogP) is 3.07. The average Bonchev–Trinajstić information content (AvgIpc) is 3.24. The van der Waals surface area contributed by atoms with Crippen molar-refractivity contribution in [2.24, 2.45) is 0 Å². The van der Waals surface area contributed by atoms with Gasteiger partial charge in [0.05, 0.1) is 18.8 Å². The first-order valence-corrected chi connectivity index (χ1v) is 8.71. The molecule has 1 aliphatic rings. The van der Waals surface area contributed by atoms with E-state index in [-0.39, 0.29) is 11.9 Å². The summed E-state index contributed by atoms with van der Waals surface area (Å²) in [7, 11) is 1.65. The Morgan fingerprint density at radius 1 is 1.43 bits per heavy atom. The number of amides is 1. The average molecular weight is 331 g/mol. The van der Waals surface area contributed by atoms with Crippen LogP contribution in [0.25, 0.3) is 11.3 Å². The van der Waals surface area contributed by atoms with Crippen molar-refractivity contribution in [1.82, 2.24) is 10.3 Å². The number of ether oxygens (including phenoxy) is 1. The molecule has 6 heteroatoms. The lowest BCUT2D eigenvalue weighted by Gasteiger charge is -2.08. The molecular weight excluding hydrogens is 310 g/mol. The summed E-state index contributed by atoms with van der Waals surface area (Å²) in [6, 6.07) is 7.76. The Kier molecular flexibility index (Phi) is 4.93. The fraction of sp³-hybridized carbons (Fsp3) is 0.412. The Labute approximate surface area is 140 Å². The monoisotopic (exact) mass is 331 g/mol. The van der Waals surface area contributed by atoms with Crippen LogP contribution in [0.1, 0.15) is 24.6 Å². The fourth-order valence-corrected chi connectivity index (χ4v) is 3.65. The third kappa shape index (κ3) is 3.54. The summed E-state index contributed by atoms with van der Waals surface area (Å²) >= 11 is 1.55. The van der Waals surface area contributed by atoms with E-state index in [1.54, 1.807) is 18.4 Å². The second kappa shape index (κ2) is 7.10. The summed E-state index contributed by atoms with van der Waals surface area (Å²) in [5, 5.41) is 6.83. The maximum Gasteiger partial charge on any atom is 0.243 e. The van der Waals surface area contributed by atoms with Gasteiger partial charge in [-0.1, -0.05) is 6.92 Å². The molecule has 2 aromatic rings. The molecule has 0 radical (unpaired) electrons. The summed E-state index contributed by atoms with van der Waals surface area (Å²) in [5.74, 6) is 0.836. The minimum Gasteiger partial charge on any atom is -0.497 e. The molecule has 1 amide bonds. The van der Waals surface area contributed by atoms with Crippen LogP contribution in [0.3, 0.4) is 0 Å². The Morgan fingerprint density at radius 2 is 2.22 bits per heavy atom. The van der Waals surface area contributed by atoms with E-state index in [4.69, 9.17) is 4.74 Å². The number of aryl methyl sites for hydroxylation is 1. The number of hydrogen-bond acceptors (Lipinski definition) is 5. The van der Waals surface area contributed by atoms with Crippen molar-refractivity contribution < 1.29 is 9.53 Å². The standard InChI is InChI=1S/C17H21N3O2S/c1-3-14-15(11-6-8-12(22-2)9-7-11)19-17(23-14)20-16(21)13-5-4-10-18-13/h6-9,13,18H,3-5,10H2,1-2H3,(H,19,20,21). The zero-order valence-electron chi connectivity index (χ0n) is 13.4. The molecule has 5 nitrogen and oxygen atoms in total. The van der Waals surface area contributed by atoms with Crippen LogP contribution in [0.4, 0.5) is 5.13 Å². The molecule has 1 aromatic carbocycles. The maximum atomic E-state index is 12.2. The third-order valence-electron chi connectivity index (χ3n) is 3.99. The molecule has 23 heavy (non-hydrogen) atoms. The molecule has 2 N–H and O–H groups in total. The predicted molar refractivity (Wildman–Crippen MR) is 93.1 cm³/mol. The minimum atomic E-state index is -0.0894. The van der Waals surface area contributed by atoms with Gasteiger partial charge in [-0.05, 0) is 50.1 Å². The molecular formula is C17H21N3O2S. The number of nitrogens with one attached hydrogen (secondary N) is 2. The van der Waals surface area contributed by atoms with Gasteiger partial charge in [-0.2, -0.15) is 0 Å². The molecule has 1 aliphatic heterocycles. The number of benzene rings is 1. The fourth-order valence-electron chi connectivity index (χ4n) is 2.72. The highest BCUT2D eigenvalue weighted by Gasteiger charge is 2.23. The zero-order valence-corrected chi connectivity index (χ0v) is 14.2. The van der Waals surface area contributed by atoms with Crippen molar-refractivity contribution in [3.63, 3.8) is 0 Å². The van der Waals surface area contributed by atoms with Crippen LogP contribution in [-0.4, -0.2) is 30.6 Å². The number of rotatable bonds is 5. The molecule has 1 fully saturated rings. The van der Waals surface area contributed by atoms with Crippen LogP contribution in [0.2, 0.25) is 0 Å². The lowest BCUT2D eigenvalue weighted by Crippen LogP contribution is -2.35. The van der Waals surface area contributed by atoms with Gasteiger partial charge >= 0.3 is 0 Å². The Morgan fingerprint density at radius 3 is 2.83 bits per heavy atom. The topological polar surface area (TPSA) is 63.2 Å². The molecule has 0 saturated carbocycles. The normalized spacial score (nSPS) is 17.2. The number of hydrogen-bond donors (Lipinski definition) is 2. The van der Waals surface area contributed by atoms with Crippen LogP contribution < -0.4 is 15.4 Å². The molecule has 1 aromatic heterocycles. The number of nitrogens with zero attached hydrogens (tertiary/aromatic N) is 1. The first kappa shape index (κ1) is 16.0. The van der Waals surface area contributed by atoms with Crippen LogP contribution in [0.15, 0.2) is 24.3 Å². The van der Waals surface area contributed by atoms with Crippen LogP contribution in [0.5, 0.6) is 5.75 Å². The molecule has 122 valence electrons. The number of carbonyl (C=O) groups excluding carboxylic acids is 1. The van der Waals surface area contributed by atoms with Gasteiger partial charge in [-0.25, -0.2) is 4.98 Å². The molecule has 2 heterocycles. The summed E-state index contributed by atoms with van der Waals surface area (Å²) in [6.07, 6.45) is 2.83. The van der Waals surface area contributed by atoms with Crippen molar-refractivity contribution in [1.29, 1.82) is 0 Å². The molecule has 1 saturated heterocycles. The van der Waals surface area contributed by atoms with Crippen molar-refractivity contribution in [2.75, 3.05) is 19.0 Å². The number of carbonyl (C=O) groups is 1. The van der Waals surface area contributed by atoms with Gasteiger partial charge < -0.3 is 15.4 Å². The Balaban J connectivity index is 1.80. The van der Waals surface area contributed by atoms with Gasteiger partial charge in [0.2, 0.25) is 5.91 Å². The van der Waals surface area contributed by atoms with E-state index in [1.165, 1.54) is 4.88 Å². The second-order valence-electron chi connectivity index (χ2n) is 5.51. The van der Waals surface area contributed by atoms with Gasteiger partial charge in [0.1, 0.15) is 5.75 Å². The molecule has 0 bridgehead atoms. The van der Waals surface area contributed by atoms with E-state index in [0.29, 0.717) is 5.13 Å². The van der Waals surface area contributed by atoms with Crippen molar-refractivity contribution in [2.45, 2.75) is 32.2 Å². The summed E-state index contributed by atoms with van der Waals surface area (Å²) < 4.78 is 5.19. The van der Waals surface area contributed by atoms with Gasteiger partial charge in [-0.3, -0.25) is 4.79 Å². The molecule has 1 atom stereocenters. The lowest BCUT2D eigenvalue weighted by molar-refractivity contribution is -0.117. The van der Waals surface area contributed by atoms with Gasteiger partial charge in [0.15, 0.2) is 5.13 Å². The molecule has 0 spiro atoms. The van der Waals surface area contributed by atoms with E-state index in [0.717, 1.165) is 42.8 Å². The second-order valence-corrected chi connectivity index (χ2v) is 6.59. The van der Waals surface area contributed by atoms with Gasteiger partial charge in [0.25, 0.3) is 0 Å². The summed E-state index contributed by atoms with van der Waals surface area (Å²) in [5.41, 5.74) is 1.98. The number of anilines is 1. The lowest BCUT2D eigenvalue weighted by atomic mass is 10.1. The zero-order chi connectivity index (χ0) is 16.2. The van der Waals surface area contributed by atoms with Crippen LogP contribution >= 0.6 is 11.3 Å². The first-order chi connectivity index (χ1) is 11.2. The highest BCUT2D eigenvalue weighted by Crippen LogP contribution is 2.32. The largest absolute Gasteiger partial charge is 0.497 e.